The summed E-state index contributed by atoms with van der Waals surface area (Å²) in [5.74, 6) is 0.476. The zero-order valence-electron chi connectivity index (χ0n) is 14.4. The molecular weight excluding hydrogens is 298 g/mol. The first-order valence-electron chi connectivity index (χ1n) is 9.32. The normalized spacial score (nSPS) is 22.1. The van der Waals surface area contributed by atoms with Crippen LogP contribution < -0.4 is 0 Å². The number of rotatable bonds is 5. The molecule has 4 rings (SSSR count). The van der Waals surface area contributed by atoms with Gasteiger partial charge in [0.1, 0.15) is 0 Å². The van der Waals surface area contributed by atoms with Crippen LogP contribution in [0.2, 0.25) is 0 Å². The van der Waals surface area contributed by atoms with Crippen molar-refractivity contribution in [3.8, 4) is 11.3 Å². The van der Waals surface area contributed by atoms with Crippen LogP contribution in [0, 0.1) is 0 Å². The molecule has 2 aromatic rings. The van der Waals surface area contributed by atoms with Crippen LogP contribution in [0.5, 0.6) is 0 Å². The summed E-state index contributed by atoms with van der Waals surface area (Å²) in [4.78, 5) is 7.38. The topological polar surface area (TPSA) is 30.3 Å². The molecule has 0 N–H and O–H groups in total. The Kier molecular flexibility index (Phi) is 4.95. The van der Waals surface area contributed by atoms with Crippen LogP contribution in [0.1, 0.15) is 37.3 Å². The standard InChI is InChI=1S/C20H27N3O/c1-3-7-17(8-4-1)19-20(18-9-14-24-15-18)23(16-21-19)13-12-22-10-5-2-6-11-22/h1,3-4,7-8,16,18H,2,5-6,9-15H2/t18-/m0/s1. The van der Waals surface area contributed by atoms with E-state index in [0.29, 0.717) is 5.92 Å². The van der Waals surface area contributed by atoms with E-state index in [0.717, 1.165) is 38.4 Å². The molecule has 2 aliphatic heterocycles. The fourth-order valence-electron chi connectivity index (χ4n) is 4.00. The highest BCUT2D eigenvalue weighted by Crippen LogP contribution is 2.33. The first kappa shape index (κ1) is 15.9. The molecule has 0 bridgehead atoms. The fraction of sp³-hybridized carbons (Fsp3) is 0.550. The summed E-state index contributed by atoms with van der Waals surface area (Å²) in [5.41, 5.74) is 3.73. The van der Waals surface area contributed by atoms with Gasteiger partial charge < -0.3 is 14.2 Å². The molecule has 0 unspecified atom stereocenters. The Bertz CT molecular complexity index is 640. The van der Waals surface area contributed by atoms with Crippen LogP contribution in [0.3, 0.4) is 0 Å². The third-order valence-corrected chi connectivity index (χ3v) is 5.35. The lowest BCUT2D eigenvalue weighted by Gasteiger charge is -2.27. The Balaban J connectivity index is 1.57. The minimum Gasteiger partial charge on any atom is -0.381 e. The predicted molar refractivity (Wildman–Crippen MR) is 96.1 cm³/mol. The molecule has 0 spiro atoms. The smallest absolute Gasteiger partial charge is 0.0956 e. The van der Waals surface area contributed by atoms with Crippen molar-refractivity contribution in [1.82, 2.24) is 14.5 Å². The number of benzene rings is 1. The maximum atomic E-state index is 5.67. The van der Waals surface area contributed by atoms with E-state index in [1.165, 1.54) is 43.6 Å². The third-order valence-electron chi connectivity index (χ3n) is 5.35. The van der Waals surface area contributed by atoms with Gasteiger partial charge in [-0.15, -0.1) is 0 Å². The van der Waals surface area contributed by atoms with Crippen molar-refractivity contribution in [1.29, 1.82) is 0 Å². The maximum absolute atomic E-state index is 5.67. The summed E-state index contributed by atoms with van der Waals surface area (Å²) >= 11 is 0. The quantitative estimate of drug-likeness (QED) is 0.842. The molecule has 3 heterocycles. The highest BCUT2D eigenvalue weighted by Gasteiger charge is 2.26. The average Bonchev–Trinajstić information content (AvgIpc) is 3.31. The summed E-state index contributed by atoms with van der Waals surface area (Å²) in [5, 5.41) is 0. The Morgan fingerprint density at radius 2 is 1.88 bits per heavy atom. The number of hydrogen-bond acceptors (Lipinski definition) is 3. The molecular formula is C20H27N3O. The number of likely N-dealkylation sites (tertiary alicyclic amines) is 1. The second-order valence-electron chi connectivity index (χ2n) is 7.00. The van der Waals surface area contributed by atoms with E-state index >= 15 is 0 Å². The highest BCUT2D eigenvalue weighted by molar-refractivity contribution is 5.62. The molecule has 128 valence electrons. The van der Waals surface area contributed by atoms with Gasteiger partial charge in [-0.1, -0.05) is 36.8 Å². The van der Waals surface area contributed by atoms with Crippen LogP contribution >= 0.6 is 0 Å². The van der Waals surface area contributed by atoms with E-state index in [9.17, 15) is 0 Å². The van der Waals surface area contributed by atoms with Crippen LogP contribution in [-0.2, 0) is 11.3 Å². The van der Waals surface area contributed by atoms with Gasteiger partial charge in [0, 0.05) is 31.2 Å². The lowest BCUT2D eigenvalue weighted by Crippen LogP contribution is -2.32. The van der Waals surface area contributed by atoms with E-state index in [-0.39, 0.29) is 0 Å². The monoisotopic (exact) mass is 325 g/mol. The van der Waals surface area contributed by atoms with Gasteiger partial charge in [-0.05, 0) is 32.4 Å². The van der Waals surface area contributed by atoms with Crippen LogP contribution in [-0.4, -0.2) is 47.3 Å². The van der Waals surface area contributed by atoms with Crippen molar-refractivity contribution >= 4 is 0 Å². The van der Waals surface area contributed by atoms with Crippen molar-refractivity contribution in [2.75, 3.05) is 32.8 Å². The number of hydrogen-bond donors (Lipinski definition) is 0. The van der Waals surface area contributed by atoms with Crippen LogP contribution in [0.25, 0.3) is 11.3 Å². The zero-order chi connectivity index (χ0) is 16.2. The summed E-state index contributed by atoms with van der Waals surface area (Å²) in [6, 6.07) is 10.6. The van der Waals surface area contributed by atoms with Gasteiger partial charge in [-0.25, -0.2) is 4.98 Å². The SMILES string of the molecule is c1ccc(-c2ncn(CCN3CCCCC3)c2[C@H]2CCOC2)cc1. The number of piperidine rings is 1. The van der Waals surface area contributed by atoms with Crippen molar-refractivity contribution in [2.24, 2.45) is 0 Å². The molecule has 0 amide bonds. The molecule has 4 heteroatoms. The molecule has 1 aromatic carbocycles. The molecule has 0 saturated carbocycles. The van der Waals surface area contributed by atoms with E-state index in [4.69, 9.17) is 9.72 Å². The van der Waals surface area contributed by atoms with E-state index in [2.05, 4.69) is 39.8 Å². The van der Waals surface area contributed by atoms with Gasteiger partial charge in [0.05, 0.1) is 24.3 Å². The summed E-state index contributed by atoms with van der Waals surface area (Å²) in [7, 11) is 0. The second kappa shape index (κ2) is 7.49. The molecule has 4 nitrogen and oxygen atoms in total. The number of imidazole rings is 1. The lowest BCUT2D eigenvalue weighted by atomic mass is 9.99. The first-order chi connectivity index (χ1) is 11.9. The summed E-state index contributed by atoms with van der Waals surface area (Å²) in [6.07, 6.45) is 7.24. The first-order valence-corrected chi connectivity index (χ1v) is 9.32. The largest absolute Gasteiger partial charge is 0.381 e. The molecule has 1 atom stereocenters. The Morgan fingerprint density at radius 3 is 2.62 bits per heavy atom. The zero-order valence-corrected chi connectivity index (χ0v) is 14.4. The minimum atomic E-state index is 0.476. The molecule has 1 aromatic heterocycles. The van der Waals surface area contributed by atoms with Gasteiger partial charge >= 0.3 is 0 Å². The molecule has 2 fully saturated rings. The summed E-state index contributed by atoms with van der Waals surface area (Å²) in [6.45, 7) is 6.37. The third kappa shape index (κ3) is 3.40. The fourth-order valence-corrected chi connectivity index (χ4v) is 4.00. The van der Waals surface area contributed by atoms with Crippen LogP contribution in [0.4, 0.5) is 0 Å². The van der Waals surface area contributed by atoms with Gasteiger partial charge in [0.2, 0.25) is 0 Å². The van der Waals surface area contributed by atoms with Gasteiger partial charge in [-0.2, -0.15) is 0 Å². The molecule has 0 aliphatic carbocycles. The van der Waals surface area contributed by atoms with Crippen molar-refractivity contribution in [2.45, 2.75) is 38.1 Å². The number of ether oxygens (including phenoxy) is 1. The predicted octanol–water partition coefficient (Wildman–Crippen LogP) is 3.54. The van der Waals surface area contributed by atoms with Gasteiger partial charge in [0.15, 0.2) is 0 Å². The van der Waals surface area contributed by atoms with Gasteiger partial charge in [-0.3, -0.25) is 0 Å². The Labute approximate surface area is 144 Å². The summed E-state index contributed by atoms with van der Waals surface area (Å²) < 4.78 is 8.05. The Hall–Kier alpha value is -1.65. The maximum Gasteiger partial charge on any atom is 0.0956 e. The van der Waals surface area contributed by atoms with Gasteiger partial charge in [0.25, 0.3) is 0 Å². The number of nitrogens with zero attached hydrogens (tertiary/aromatic N) is 3. The van der Waals surface area contributed by atoms with Crippen molar-refractivity contribution in [3.63, 3.8) is 0 Å². The molecule has 2 saturated heterocycles. The van der Waals surface area contributed by atoms with Crippen molar-refractivity contribution < 1.29 is 4.74 Å². The lowest BCUT2D eigenvalue weighted by molar-refractivity contribution is 0.192. The number of aromatic nitrogens is 2. The van der Waals surface area contributed by atoms with E-state index in [1.54, 1.807) is 0 Å². The van der Waals surface area contributed by atoms with E-state index < -0.39 is 0 Å². The molecule has 24 heavy (non-hydrogen) atoms. The van der Waals surface area contributed by atoms with Crippen LogP contribution in [0.15, 0.2) is 36.7 Å². The second-order valence-corrected chi connectivity index (χ2v) is 7.00. The van der Waals surface area contributed by atoms with E-state index in [1.807, 2.05) is 6.33 Å². The molecule has 0 radical (unpaired) electrons. The highest BCUT2D eigenvalue weighted by atomic mass is 16.5. The molecule has 2 aliphatic rings. The minimum absolute atomic E-state index is 0.476. The Morgan fingerprint density at radius 1 is 1.04 bits per heavy atom. The van der Waals surface area contributed by atoms with Crippen molar-refractivity contribution in [3.05, 3.63) is 42.4 Å². The average molecular weight is 325 g/mol.